The number of carbonyl (C=O) groups is 2. The number of aromatic nitrogens is 2. The molecule has 1 atom stereocenters. The number of halogens is 1. The molecular formula is C27H37FN4O4. The van der Waals surface area contributed by atoms with Crippen molar-refractivity contribution in [3.05, 3.63) is 47.5 Å². The van der Waals surface area contributed by atoms with Gasteiger partial charge in [0.25, 0.3) is 5.91 Å². The number of nitrogens with zero attached hydrogens (tertiary/aromatic N) is 4. The number of carbonyl (C=O) groups excluding carboxylic acids is 2. The van der Waals surface area contributed by atoms with E-state index in [0.717, 1.165) is 25.0 Å². The minimum atomic E-state index is -0.545. The predicted molar refractivity (Wildman–Crippen MR) is 133 cm³/mol. The van der Waals surface area contributed by atoms with Crippen LogP contribution in [0.25, 0.3) is 0 Å². The quantitative estimate of drug-likeness (QED) is 0.556. The predicted octanol–water partition coefficient (Wildman–Crippen LogP) is 3.31. The molecule has 0 unspecified atom stereocenters. The SMILES string of the molecule is CC(C)Cc1cc(C(=O)N2CCC[C@@](COc3ccc(F)cc3)(CC(=O)N3CCOCC3)C2)n(C)n1. The van der Waals surface area contributed by atoms with Crippen LogP contribution in [0.4, 0.5) is 4.39 Å². The Morgan fingerprint density at radius 2 is 1.86 bits per heavy atom. The van der Waals surface area contributed by atoms with E-state index in [4.69, 9.17) is 9.47 Å². The standard InChI is InChI=1S/C27H37FN4O4/c1-20(2)15-22-16-24(30(3)29-22)26(34)32-10-4-9-27(18-32,17-25(33)31-11-13-35-14-12-31)19-36-23-7-5-21(28)6-8-23/h5-8,16,20H,4,9-15,17-19H2,1-3H3/t27-/m1/s1. The Bertz CT molecular complexity index is 1050. The van der Waals surface area contributed by atoms with Crippen molar-refractivity contribution in [1.82, 2.24) is 19.6 Å². The molecule has 2 aliphatic rings. The van der Waals surface area contributed by atoms with E-state index in [1.165, 1.54) is 12.1 Å². The Labute approximate surface area is 212 Å². The molecule has 0 aliphatic carbocycles. The molecule has 2 amide bonds. The fraction of sp³-hybridized carbons (Fsp3) is 0.593. The first-order valence-electron chi connectivity index (χ1n) is 12.8. The number of piperidine rings is 1. The van der Waals surface area contributed by atoms with E-state index in [-0.39, 0.29) is 30.7 Å². The highest BCUT2D eigenvalue weighted by molar-refractivity contribution is 5.93. The number of likely N-dealkylation sites (tertiary alicyclic amines) is 1. The van der Waals surface area contributed by atoms with Crippen molar-refractivity contribution >= 4 is 11.8 Å². The van der Waals surface area contributed by atoms with Gasteiger partial charge in [0.1, 0.15) is 17.3 Å². The number of aryl methyl sites for hydroxylation is 1. The van der Waals surface area contributed by atoms with Crippen LogP contribution in [0.1, 0.15) is 49.3 Å². The second-order valence-electron chi connectivity index (χ2n) is 10.5. The summed E-state index contributed by atoms with van der Waals surface area (Å²) >= 11 is 0. The molecular weight excluding hydrogens is 463 g/mol. The van der Waals surface area contributed by atoms with Crippen LogP contribution >= 0.6 is 0 Å². The maximum Gasteiger partial charge on any atom is 0.272 e. The Morgan fingerprint density at radius 3 is 2.56 bits per heavy atom. The monoisotopic (exact) mass is 500 g/mol. The van der Waals surface area contributed by atoms with E-state index in [2.05, 4.69) is 18.9 Å². The zero-order chi connectivity index (χ0) is 25.7. The van der Waals surface area contributed by atoms with Crippen LogP contribution in [0.2, 0.25) is 0 Å². The molecule has 9 heteroatoms. The van der Waals surface area contributed by atoms with Gasteiger partial charge < -0.3 is 19.3 Å². The molecule has 1 aromatic carbocycles. The Balaban J connectivity index is 1.53. The molecule has 3 heterocycles. The summed E-state index contributed by atoms with van der Waals surface area (Å²) in [5, 5.41) is 4.54. The molecule has 0 radical (unpaired) electrons. The largest absolute Gasteiger partial charge is 0.493 e. The first kappa shape index (κ1) is 26.1. The Morgan fingerprint density at radius 1 is 1.14 bits per heavy atom. The highest BCUT2D eigenvalue weighted by Crippen LogP contribution is 2.36. The first-order chi connectivity index (χ1) is 17.2. The zero-order valence-electron chi connectivity index (χ0n) is 21.5. The lowest BCUT2D eigenvalue weighted by Crippen LogP contribution is -2.52. The highest BCUT2D eigenvalue weighted by Gasteiger charge is 2.41. The summed E-state index contributed by atoms with van der Waals surface area (Å²) in [6.07, 6.45) is 2.62. The number of hydrogen-bond acceptors (Lipinski definition) is 5. The number of morpholine rings is 1. The molecule has 0 spiro atoms. The maximum absolute atomic E-state index is 13.6. The van der Waals surface area contributed by atoms with E-state index in [1.54, 1.807) is 23.9 Å². The summed E-state index contributed by atoms with van der Waals surface area (Å²) in [5.41, 5.74) is 0.915. The van der Waals surface area contributed by atoms with Crippen molar-refractivity contribution in [2.24, 2.45) is 18.4 Å². The van der Waals surface area contributed by atoms with Crippen LogP contribution in [0.5, 0.6) is 5.75 Å². The average Bonchev–Trinajstić information content (AvgIpc) is 3.23. The average molecular weight is 501 g/mol. The molecule has 4 rings (SSSR count). The van der Waals surface area contributed by atoms with Gasteiger partial charge in [-0.3, -0.25) is 14.3 Å². The topological polar surface area (TPSA) is 76.9 Å². The van der Waals surface area contributed by atoms with E-state index in [0.29, 0.717) is 56.8 Å². The Kier molecular flexibility index (Phi) is 8.28. The maximum atomic E-state index is 13.6. The van der Waals surface area contributed by atoms with Gasteiger partial charge in [-0.25, -0.2) is 4.39 Å². The van der Waals surface area contributed by atoms with E-state index >= 15 is 0 Å². The van der Waals surface area contributed by atoms with E-state index < -0.39 is 5.41 Å². The summed E-state index contributed by atoms with van der Waals surface area (Å²) in [4.78, 5) is 30.5. The molecule has 2 aromatic rings. The van der Waals surface area contributed by atoms with Gasteiger partial charge in [0.2, 0.25) is 5.91 Å². The lowest BCUT2D eigenvalue weighted by molar-refractivity contribution is -0.139. The van der Waals surface area contributed by atoms with Crippen molar-refractivity contribution < 1.29 is 23.5 Å². The van der Waals surface area contributed by atoms with Gasteiger partial charge in [0.15, 0.2) is 0 Å². The molecule has 196 valence electrons. The molecule has 0 saturated carbocycles. The number of rotatable bonds is 8. The normalized spacial score (nSPS) is 20.6. The van der Waals surface area contributed by atoms with Gasteiger partial charge in [-0.05, 0) is 55.5 Å². The fourth-order valence-electron chi connectivity index (χ4n) is 5.11. The van der Waals surface area contributed by atoms with Crippen molar-refractivity contribution in [2.45, 2.75) is 39.5 Å². The number of ether oxygens (including phenoxy) is 2. The summed E-state index contributed by atoms with van der Waals surface area (Å²) in [7, 11) is 1.80. The van der Waals surface area contributed by atoms with Crippen LogP contribution in [-0.4, -0.2) is 77.4 Å². The van der Waals surface area contributed by atoms with Crippen LogP contribution in [-0.2, 0) is 23.0 Å². The summed E-state index contributed by atoms with van der Waals surface area (Å²) < 4.78 is 26.5. The molecule has 8 nitrogen and oxygen atoms in total. The second-order valence-corrected chi connectivity index (χ2v) is 10.5. The van der Waals surface area contributed by atoms with Gasteiger partial charge in [-0.15, -0.1) is 0 Å². The fourth-order valence-corrected chi connectivity index (χ4v) is 5.11. The Hall–Kier alpha value is -2.94. The van der Waals surface area contributed by atoms with Crippen molar-refractivity contribution in [3.63, 3.8) is 0 Å². The van der Waals surface area contributed by atoms with Crippen LogP contribution in [0.3, 0.4) is 0 Å². The molecule has 36 heavy (non-hydrogen) atoms. The molecule has 0 bridgehead atoms. The highest BCUT2D eigenvalue weighted by atomic mass is 19.1. The van der Waals surface area contributed by atoms with Gasteiger partial charge in [0, 0.05) is 45.1 Å². The first-order valence-corrected chi connectivity index (χ1v) is 12.8. The van der Waals surface area contributed by atoms with Crippen LogP contribution in [0.15, 0.2) is 30.3 Å². The lowest BCUT2D eigenvalue weighted by Gasteiger charge is -2.43. The van der Waals surface area contributed by atoms with Gasteiger partial charge in [-0.1, -0.05) is 13.8 Å². The molecule has 2 saturated heterocycles. The number of amides is 2. The minimum Gasteiger partial charge on any atom is -0.493 e. The van der Waals surface area contributed by atoms with Gasteiger partial charge in [-0.2, -0.15) is 5.10 Å². The molecule has 0 N–H and O–H groups in total. The van der Waals surface area contributed by atoms with E-state index in [1.807, 2.05) is 15.9 Å². The van der Waals surface area contributed by atoms with Crippen molar-refractivity contribution in [3.8, 4) is 5.75 Å². The number of hydrogen-bond donors (Lipinski definition) is 0. The second kappa shape index (κ2) is 11.4. The molecule has 2 aliphatic heterocycles. The summed E-state index contributed by atoms with van der Waals surface area (Å²) in [6, 6.07) is 7.77. The molecule has 2 fully saturated rings. The van der Waals surface area contributed by atoms with Gasteiger partial charge >= 0.3 is 0 Å². The van der Waals surface area contributed by atoms with E-state index in [9.17, 15) is 14.0 Å². The molecule has 1 aromatic heterocycles. The van der Waals surface area contributed by atoms with Crippen LogP contribution < -0.4 is 4.74 Å². The third-order valence-corrected chi connectivity index (χ3v) is 6.96. The van der Waals surface area contributed by atoms with Crippen molar-refractivity contribution in [1.29, 1.82) is 0 Å². The minimum absolute atomic E-state index is 0.0510. The zero-order valence-corrected chi connectivity index (χ0v) is 21.5. The van der Waals surface area contributed by atoms with Crippen molar-refractivity contribution in [2.75, 3.05) is 46.0 Å². The number of benzene rings is 1. The lowest BCUT2D eigenvalue weighted by atomic mass is 9.77. The third-order valence-electron chi connectivity index (χ3n) is 6.96. The summed E-state index contributed by atoms with van der Waals surface area (Å²) in [6.45, 7) is 7.77. The smallest absolute Gasteiger partial charge is 0.272 e. The van der Waals surface area contributed by atoms with Crippen LogP contribution in [0, 0.1) is 17.2 Å². The van der Waals surface area contributed by atoms with Gasteiger partial charge in [0.05, 0.1) is 25.5 Å². The summed E-state index contributed by atoms with van der Waals surface area (Å²) in [5.74, 6) is 0.630. The third kappa shape index (κ3) is 6.43.